The summed E-state index contributed by atoms with van der Waals surface area (Å²) < 4.78 is 27.4. The molecule has 0 unspecified atom stereocenters. The number of nitrogens with one attached hydrogen (secondary N) is 2. The Kier molecular flexibility index (Phi) is 8.93. The minimum atomic E-state index is -3.07. The molecule has 0 aliphatic carbocycles. The van der Waals surface area contributed by atoms with Crippen molar-refractivity contribution in [2.24, 2.45) is 0 Å². The second-order valence-corrected chi connectivity index (χ2v) is 5.61. The number of carboxylic acid groups (broad SMARTS) is 1. The molecule has 0 amide bonds. The van der Waals surface area contributed by atoms with E-state index in [-0.39, 0.29) is 34.5 Å². The maximum atomic E-state index is 13.7. The van der Waals surface area contributed by atoms with E-state index < -0.39 is 43.5 Å². The molecule has 0 bridgehead atoms. The number of halogens is 2. The van der Waals surface area contributed by atoms with Crippen molar-refractivity contribution in [2.45, 2.75) is 32.8 Å². The third kappa shape index (κ3) is 4.45. The number of aromatic carboxylic acids is 1. The molecule has 7 nitrogen and oxygen atoms in total. The highest BCUT2D eigenvalue weighted by Crippen LogP contribution is 2.40. The van der Waals surface area contributed by atoms with Crippen LogP contribution in [0.25, 0.3) is 11.1 Å². The zero-order chi connectivity index (χ0) is 21.4. The summed E-state index contributed by atoms with van der Waals surface area (Å²) in [6, 6.07) is 2.88. The number of H-pyrrole nitrogens is 1. The van der Waals surface area contributed by atoms with Gasteiger partial charge in [-0.25, -0.2) is 13.6 Å². The first-order valence-corrected chi connectivity index (χ1v) is 8.28. The summed E-state index contributed by atoms with van der Waals surface area (Å²) in [5.41, 5.74) is -0.207. The number of aliphatic hydroxyl groups is 3. The van der Waals surface area contributed by atoms with Crippen molar-refractivity contribution in [1.29, 1.82) is 0 Å². The van der Waals surface area contributed by atoms with Crippen molar-refractivity contribution in [3.63, 3.8) is 0 Å². The number of alkyl halides is 2. The first-order chi connectivity index (χ1) is 13.4. The van der Waals surface area contributed by atoms with Crippen LogP contribution in [0.4, 0.5) is 8.78 Å². The minimum absolute atomic E-state index is 0.0324. The molecule has 0 fully saturated rings. The summed E-state index contributed by atoms with van der Waals surface area (Å²) in [5.74, 6) is -1.52. The molecule has 9 heteroatoms. The van der Waals surface area contributed by atoms with E-state index in [0.717, 1.165) is 0 Å². The first kappa shape index (κ1) is 23.4. The number of carbonyl (C=O) groups is 1. The van der Waals surface area contributed by atoms with Gasteiger partial charge in [0.2, 0.25) is 0 Å². The number of rotatable bonds is 8. The first-order valence-electron chi connectivity index (χ1n) is 8.28. The van der Waals surface area contributed by atoms with Crippen molar-refractivity contribution in [3.05, 3.63) is 58.9 Å². The van der Waals surface area contributed by atoms with Crippen molar-refractivity contribution in [2.75, 3.05) is 7.05 Å². The second-order valence-electron chi connectivity index (χ2n) is 5.61. The van der Waals surface area contributed by atoms with Gasteiger partial charge in [0.15, 0.2) is 0 Å². The largest absolute Gasteiger partial charge is 0.477 e. The van der Waals surface area contributed by atoms with Crippen molar-refractivity contribution >= 4 is 5.97 Å². The number of aromatic amines is 1. The molecule has 0 spiro atoms. The molecule has 1 heterocycles. The summed E-state index contributed by atoms with van der Waals surface area (Å²) >= 11 is 0. The SMILES string of the molecule is C=C.CNCc1[nH]c(C(=O)O)c(C(F)F)c1-c1ccc(CO)c(CO)c1CO. The van der Waals surface area contributed by atoms with Gasteiger partial charge in [-0.3, -0.25) is 0 Å². The van der Waals surface area contributed by atoms with Gasteiger partial charge in [0.1, 0.15) is 5.69 Å². The van der Waals surface area contributed by atoms with E-state index in [1.54, 1.807) is 7.05 Å². The lowest BCUT2D eigenvalue weighted by molar-refractivity contribution is 0.0679. The molecule has 6 N–H and O–H groups in total. The molecule has 0 atom stereocenters. The number of hydrogen-bond acceptors (Lipinski definition) is 5. The van der Waals surface area contributed by atoms with E-state index in [9.17, 15) is 34.0 Å². The van der Waals surface area contributed by atoms with Crippen molar-refractivity contribution in [3.8, 4) is 11.1 Å². The molecule has 28 heavy (non-hydrogen) atoms. The summed E-state index contributed by atoms with van der Waals surface area (Å²) in [4.78, 5) is 13.9. The highest BCUT2D eigenvalue weighted by Gasteiger charge is 2.30. The van der Waals surface area contributed by atoms with Crippen LogP contribution in [0, 0.1) is 0 Å². The van der Waals surface area contributed by atoms with Crippen LogP contribution in [0.5, 0.6) is 0 Å². The van der Waals surface area contributed by atoms with Crippen LogP contribution < -0.4 is 5.32 Å². The smallest absolute Gasteiger partial charge is 0.352 e. The van der Waals surface area contributed by atoms with E-state index >= 15 is 0 Å². The summed E-state index contributed by atoms with van der Waals surface area (Å²) in [5, 5.41) is 40.8. The fraction of sp³-hybridized carbons (Fsp3) is 0.316. The van der Waals surface area contributed by atoms with Crippen LogP contribution in [-0.2, 0) is 26.4 Å². The topological polar surface area (TPSA) is 126 Å². The average molecular weight is 398 g/mol. The average Bonchev–Trinajstić information content (AvgIpc) is 3.08. The number of carboxylic acids is 1. The highest BCUT2D eigenvalue weighted by molar-refractivity contribution is 5.92. The Balaban J connectivity index is 0.00000190. The van der Waals surface area contributed by atoms with Crippen LogP contribution in [-0.4, -0.2) is 38.4 Å². The number of benzene rings is 1. The summed E-state index contributed by atoms with van der Waals surface area (Å²) in [6.45, 7) is 4.60. The zero-order valence-electron chi connectivity index (χ0n) is 15.4. The molecule has 0 saturated carbocycles. The highest BCUT2D eigenvalue weighted by atomic mass is 19.3. The summed E-state index contributed by atoms with van der Waals surface area (Å²) in [6.07, 6.45) is -3.07. The van der Waals surface area contributed by atoms with Gasteiger partial charge in [0.25, 0.3) is 6.43 Å². The van der Waals surface area contributed by atoms with Crippen LogP contribution >= 0.6 is 0 Å². The summed E-state index contributed by atoms with van der Waals surface area (Å²) in [7, 11) is 1.58. The Morgan fingerprint density at radius 1 is 1.14 bits per heavy atom. The Labute approximate surface area is 161 Å². The normalized spacial score (nSPS) is 10.7. The van der Waals surface area contributed by atoms with Gasteiger partial charge < -0.3 is 30.7 Å². The second kappa shape index (κ2) is 10.7. The van der Waals surface area contributed by atoms with E-state index in [4.69, 9.17) is 0 Å². The maximum Gasteiger partial charge on any atom is 0.352 e. The standard InChI is InChI=1S/C17H20F2N2O5.C2H4/c1-20-4-12-13(14(16(18)19)15(21-12)17(25)26)9-3-2-8(5-22)10(6-23)11(9)7-24;1-2/h2-3,16,20-24H,4-7H2,1H3,(H,25,26);1-2H2. The Bertz CT molecular complexity index is 821. The lowest BCUT2D eigenvalue weighted by Gasteiger charge is -2.17. The van der Waals surface area contributed by atoms with Gasteiger partial charge in [-0.2, -0.15) is 0 Å². The molecule has 154 valence electrons. The molecule has 2 aromatic rings. The number of aliphatic hydroxyl groups excluding tert-OH is 3. The van der Waals surface area contributed by atoms with Gasteiger partial charge in [-0.05, 0) is 29.3 Å². The molecular weight excluding hydrogens is 374 g/mol. The molecule has 1 aromatic heterocycles. The molecule has 0 radical (unpaired) electrons. The van der Waals surface area contributed by atoms with E-state index in [2.05, 4.69) is 23.5 Å². The van der Waals surface area contributed by atoms with Gasteiger partial charge in [0.05, 0.1) is 25.4 Å². The fourth-order valence-electron chi connectivity index (χ4n) is 3.07. The minimum Gasteiger partial charge on any atom is -0.477 e. The maximum absolute atomic E-state index is 13.7. The van der Waals surface area contributed by atoms with Gasteiger partial charge in [-0.1, -0.05) is 12.1 Å². The number of hydrogen-bond donors (Lipinski definition) is 6. The lowest BCUT2D eigenvalue weighted by Crippen LogP contribution is -2.08. The third-order valence-electron chi connectivity index (χ3n) is 4.19. The predicted octanol–water partition coefficient (Wildman–Crippen LogP) is 2.32. The van der Waals surface area contributed by atoms with E-state index in [1.807, 2.05) is 0 Å². The van der Waals surface area contributed by atoms with Gasteiger partial charge in [-0.15, -0.1) is 13.2 Å². The van der Waals surface area contributed by atoms with Crippen molar-refractivity contribution < 1.29 is 34.0 Å². The quantitative estimate of drug-likeness (QED) is 0.379. The van der Waals surface area contributed by atoms with Crippen LogP contribution in [0.15, 0.2) is 25.3 Å². The van der Waals surface area contributed by atoms with Crippen LogP contribution in [0.1, 0.15) is 44.9 Å². The number of aromatic nitrogens is 1. The Hall–Kier alpha value is -2.59. The molecule has 0 aliphatic rings. The molecule has 0 saturated heterocycles. The zero-order valence-corrected chi connectivity index (χ0v) is 15.4. The van der Waals surface area contributed by atoms with E-state index in [0.29, 0.717) is 5.56 Å². The molecule has 2 rings (SSSR count). The molecule has 1 aromatic carbocycles. The third-order valence-corrected chi connectivity index (χ3v) is 4.19. The Morgan fingerprint density at radius 3 is 2.18 bits per heavy atom. The predicted molar refractivity (Wildman–Crippen MR) is 99.9 cm³/mol. The molecular formula is C19H24F2N2O5. The van der Waals surface area contributed by atoms with Crippen LogP contribution in [0.3, 0.4) is 0 Å². The molecule has 0 aliphatic heterocycles. The monoisotopic (exact) mass is 398 g/mol. The van der Waals surface area contributed by atoms with E-state index in [1.165, 1.54) is 12.1 Å². The van der Waals surface area contributed by atoms with Gasteiger partial charge >= 0.3 is 5.97 Å². The van der Waals surface area contributed by atoms with Crippen LogP contribution in [0.2, 0.25) is 0 Å². The fourth-order valence-corrected chi connectivity index (χ4v) is 3.07. The van der Waals surface area contributed by atoms with Gasteiger partial charge in [0, 0.05) is 17.8 Å². The van der Waals surface area contributed by atoms with Crippen molar-refractivity contribution in [1.82, 2.24) is 10.3 Å². The lowest BCUT2D eigenvalue weighted by atomic mass is 9.90. The Morgan fingerprint density at radius 2 is 1.75 bits per heavy atom.